The zero-order valence-corrected chi connectivity index (χ0v) is 23.9. The first-order valence-corrected chi connectivity index (χ1v) is 14.5. The summed E-state index contributed by atoms with van der Waals surface area (Å²) in [5.41, 5.74) is -0.124. The number of ether oxygens (including phenoxy) is 1. The number of hydrogen-bond acceptors (Lipinski definition) is 6. The fourth-order valence-corrected chi connectivity index (χ4v) is 6.24. The molecule has 1 amide bonds. The highest BCUT2D eigenvalue weighted by Crippen LogP contribution is 2.32. The first kappa shape index (κ1) is 28.7. The van der Waals surface area contributed by atoms with E-state index in [0.717, 1.165) is 25.0 Å². The number of nitrogens with one attached hydrogen (secondary N) is 1. The van der Waals surface area contributed by atoms with Crippen LogP contribution in [-0.2, 0) is 26.6 Å². The lowest BCUT2D eigenvalue weighted by Gasteiger charge is -2.30. The summed E-state index contributed by atoms with van der Waals surface area (Å²) >= 11 is 12.4. The third kappa shape index (κ3) is 6.00. The Bertz CT molecular complexity index is 1580. The predicted octanol–water partition coefficient (Wildman–Crippen LogP) is 4.01. The Hall–Kier alpha value is -3.28. The Balaban J connectivity index is 1.58. The van der Waals surface area contributed by atoms with Gasteiger partial charge in [-0.15, -0.1) is 0 Å². The van der Waals surface area contributed by atoms with Crippen LogP contribution >= 0.6 is 23.2 Å². The third-order valence-electron chi connectivity index (χ3n) is 6.77. The number of aromatic nitrogens is 2. The highest BCUT2D eigenvalue weighted by Gasteiger charge is 2.28. The summed E-state index contributed by atoms with van der Waals surface area (Å²) < 4.78 is 37.0. The number of likely N-dealkylation sites (tertiary alicyclic amines) is 1. The van der Waals surface area contributed by atoms with Crippen LogP contribution in [0.4, 0.5) is 5.69 Å². The Labute approximate surface area is 236 Å². The van der Waals surface area contributed by atoms with Crippen molar-refractivity contribution >= 4 is 50.8 Å². The fourth-order valence-electron chi connectivity index (χ4n) is 4.31. The van der Waals surface area contributed by atoms with Crippen LogP contribution in [-0.4, -0.2) is 54.3 Å². The molecule has 2 heterocycles. The number of sulfonamides is 1. The minimum Gasteiger partial charge on any atom is -0.452 e. The van der Waals surface area contributed by atoms with Crippen molar-refractivity contribution in [3.63, 3.8) is 0 Å². The number of carbonyl (C=O) groups is 2. The van der Waals surface area contributed by atoms with Gasteiger partial charge in [0.15, 0.2) is 6.61 Å². The zero-order valence-electron chi connectivity index (χ0n) is 21.6. The van der Waals surface area contributed by atoms with Crippen LogP contribution in [0.3, 0.4) is 0 Å². The maximum atomic E-state index is 13.4. The van der Waals surface area contributed by atoms with Crippen molar-refractivity contribution in [1.29, 1.82) is 0 Å². The smallest absolute Gasteiger partial charge is 0.338 e. The zero-order chi connectivity index (χ0) is 28.5. The van der Waals surface area contributed by atoms with E-state index in [-0.39, 0.29) is 27.2 Å². The first-order valence-electron chi connectivity index (χ1n) is 12.2. The molecule has 2 aromatic carbocycles. The quantitative estimate of drug-likeness (QED) is 0.413. The van der Waals surface area contributed by atoms with Crippen molar-refractivity contribution in [2.75, 3.05) is 24.4 Å². The van der Waals surface area contributed by atoms with E-state index in [4.69, 9.17) is 27.9 Å². The number of benzene rings is 2. The van der Waals surface area contributed by atoms with E-state index in [1.54, 1.807) is 49.2 Å². The fraction of sp³-hybridized carbons (Fsp3) is 0.346. The van der Waals surface area contributed by atoms with Crippen molar-refractivity contribution < 1.29 is 22.7 Å². The number of nitrogens with zero attached hydrogens (tertiary/aromatic N) is 3. The lowest BCUT2D eigenvalue weighted by atomic mass is 9.99. The molecule has 0 spiro atoms. The van der Waals surface area contributed by atoms with Crippen LogP contribution < -0.4 is 10.3 Å². The molecule has 0 unspecified atom stereocenters. The first-order chi connectivity index (χ1) is 18.4. The number of halogens is 2. The molecule has 0 saturated carbocycles. The molecule has 13 heteroatoms. The van der Waals surface area contributed by atoms with E-state index >= 15 is 0 Å². The second-order valence-electron chi connectivity index (χ2n) is 9.45. The second-order valence-corrected chi connectivity index (χ2v) is 11.9. The van der Waals surface area contributed by atoms with Gasteiger partial charge in [0.2, 0.25) is 0 Å². The van der Waals surface area contributed by atoms with E-state index < -0.39 is 33.1 Å². The van der Waals surface area contributed by atoms with E-state index in [2.05, 4.69) is 11.6 Å². The molecule has 0 radical (unpaired) electrons. The van der Waals surface area contributed by atoms with Crippen molar-refractivity contribution in [2.45, 2.75) is 31.6 Å². The summed E-state index contributed by atoms with van der Waals surface area (Å²) in [5.74, 6) is -0.743. The van der Waals surface area contributed by atoms with Gasteiger partial charge in [0.25, 0.3) is 21.5 Å². The molecule has 0 aliphatic carbocycles. The molecular weight excluding hydrogens is 567 g/mol. The number of anilines is 1. The Morgan fingerprint density at radius 1 is 1.10 bits per heavy atom. The number of amides is 1. The standard InChI is InChI=1S/C26H28Cl2N4O6S/c1-16-9-11-31(12-10-16)22(33)15-38-26(35)18-13-20(27)23(28)21(14-18)39(36,37)29-24-17(2)30(3)32(25(24)34)19-7-5-4-6-8-19/h4-8,13-14,16,29H,9-12,15H2,1-3H3. The van der Waals surface area contributed by atoms with Gasteiger partial charge in [-0.25, -0.2) is 17.9 Å². The van der Waals surface area contributed by atoms with Gasteiger partial charge in [-0.05, 0) is 49.9 Å². The summed E-state index contributed by atoms with van der Waals surface area (Å²) in [6, 6.07) is 10.9. The summed E-state index contributed by atoms with van der Waals surface area (Å²) in [7, 11) is -2.86. The van der Waals surface area contributed by atoms with Crippen LogP contribution in [0, 0.1) is 12.8 Å². The highest BCUT2D eigenvalue weighted by molar-refractivity contribution is 7.92. The van der Waals surface area contributed by atoms with Gasteiger partial charge in [-0.3, -0.25) is 19.0 Å². The average Bonchev–Trinajstić information content (AvgIpc) is 3.11. The molecule has 39 heavy (non-hydrogen) atoms. The molecule has 1 saturated heterocycles. The van der Waals surface area contributed by atoms with Crippen molar-refractivity contribution in [1.82, 2.24) is 14.3 Å². The van der Waals surface area contributed by atoms with Crippen LogP contribution in [0.25, 0.3) is 5.69 Å². The minimum absolute atomic E-state index is 0.192. The van der Waals surface area contributed by atoms with Crippen LogP contribution in [0.1, 0.15) is 35.8 Å². The van der Waals surface area contributed by atoms with Gasteiger partial charge in [0, 0.05) is 20.1 Å². The number of rotatable bonds is 7. The molecule has 1 N–H and O–H groups in total. The van der Waals surface area contributed by atoms with Gasteiger partial charge in [-0.2, -0.15) is 0 Å². The molecule has 1 aliphatic rings. The topological polar surface area (TPSA) is 120 Å². The Morgan fingerprint density at radius 3 is 2.38 bits per heavy atom. The number of esters is 1. The number of carbonyl (C=O) groups excluding carboxylic acids is 2. The second kappa shape index (κ2) is 11.4. The molecular formula is C26H28Cl2N4O6S. The molecule has 1 fully saturated rings. The van der Waals surface area contributed by atoms with Crippen molar-refractivity contribution in [3.05, 3.63) is 74.1 Å². The van der Waals surface area contributed by atoms with Gasteiger partial charge >= 0.3 is 5.97 Å². The highest BCUT2D eigenvalue weighted by atomic mass is 35.5. The molecule has 10 nitrogen and oxygen atoms in total. The number of hydrogen-bond donors (Lipinski definition) is 1. The number of para-hydroxylation sites is 1. The van der Waals surface area contributed by atoms with E-state index in [1.807, 2.05) is 0 Å². The van der Waals surface area contributed by atoms with Crippen LogP contribution in [0.5, 0.6) is 0 Å². The normalized spacial score (nSPS) is 14.3. The van der Waals surface area contributed by atoms with Crippen LogP contribution in [0.15, 0.2) is 52.2 Å². The van der Waals surface area contributed by atoms with Crippen molar-refractivity contribution in [2.24, 2.45) is 13.0 Å². The van der Waals surface area contributed by atoms with Crippen molar-refractivity contribution in [3.8, 4) is 5.69 Å². The molecule has 1 aromatic heterocycles. The SMILES string of the molecule is Cc1c(NS(=O)(=O)c2cc(C(=O)OCC(=O)N3CCC(C)CC3)cc(Cl)c2Cl)c(=O)n(-c2ccccc2)n1C. The lowest BCUT2D eigenvalue weighted by molar-refractivity contribution is -0.135. The van der Waals surface area contributed by atoms with Gasteiger partial charge in [-0.1, -0.05) is 48.3 Å². The summed E-state index contributed by atoms with van der Waals surface area (Å²) in [6.07, 6.45) is 1.75. The monoisotopic (exact) mass is 594 g/mol. The summed E-state index contributed by atoms with van der Waals surface area (Å²) in [6.45, 7) is 4.38. The maximum absolute atomic E-state index is 13.4. The van der Waals surface area contributed by atoms with E-state index in [9.17, 15) is 22.8 Å². The Kier molecular flexibility index (Phi) is 8.43. The molecule has 208 valence electrons. The maximum Gasteiger partial charge on any atom is 0.338 e. The summed E-state index contributed by atoms with van der Waals surface area (Å²) in [4.78, 5) is 39.5. The van der Waals surface area contributed by atoms with Gasteiger partial charge in [0.05, 0.1) is 27.0 Å². The van der Waals surface area contributed by atoms with E-state index in [0.29, 0.717) is 30.4 Å². The molecule has 1 aliphatic heterocycles. The largest absolute Gasteiger partial charge is 0.452 e. The lowest BCUT2D eigenvalue weighted by Crippen LogP contribution is -2.40. The Morgan fingerprint density at radius 2 is 1.74 bits per heavy atom. The van der Waals surface area contributed by atoms with Crippen LogP contribution in [0.2, 0.25) is 10.0 Å². The number of piperidine rings is 1. The summed E-state index contributed by atoms with van der Waals surface area (Å²) in [5, 5.41) is -0.550. The van der Waals surface area contributed by atoms with E-state index in [1.165, 1.54) is 9.36 Å². The minimum atomic E-state index is -4.48. The molecule has 0 bridgehead atoms. The predicted molar refractivity (Wildman–Crippen MR) is 148 cm³/mol. The molecule has 4 rings (SSSR count). The van der Waals surface area contributed by atoms with Gasteiger partial charge < -0.3 is 9.64 Å². The van der Waals surface area contributed by atoms with Gasteiger partial charge in [0.1, 0.15) is 10.6 Å². The third-order valence-corrected chi connectivity index (χ3v) is 9.06. The molecule has 0 atom stereocenters. The molecule has 3 aromatic rings. The average molecular weight is 596 g/mol.